The van der Waals surface area contributed by atoms with E-state index in [-0.39, 0.29) is 0 Å². The van der Waals surface area contributed by atoms with Crippen LogP contribution in [0.15, 0.2) is 54.7 Å². The largest absolute Gasteiger partial charge is 0.438 e. The van der Waals surface area contributed by atoms with E-state index in [0.717, 1.165) is 16.3 Å². The van der Waals surface area contributed by atoms with Gasteiger partial charge in [0.15, 0.2) is 0 Å². The molecule has 106 valence electrons. The summed E-state index contributed by atoms with van der Waals surface area (Å²) in [6, 6.07) is 15.0. The van der Waals surface area contributed by atoms with Crippen LogP contribution in [-0.4, -0.2) is 10.1 Å². The Bertz CT molecular complexity index is 769. The molecule has 1 aromatic heterocycles. The number of aromatic nitrogens is 1. The molecule has 21 heavy (non-hydrogen) atoms. The number of fused-ring (bicyclic) bond motifs is 1. The van der Waals surface area contributed by atoms with E-state index in [2.05, 4.69) is 4.98 Å². The molecule has 1 heterocycles. The lowest BCUT2D eigenvalue weighted by Gasteiger charge is -2.10. The molecule has 1 atom stereocenters. The van der Waals surface area contributed by atoms with E-state index in [9.17, 15) is 5.11 Å². The molecule has 3 nitrogen and oxygen atoms in total. The van der Waals surface area contributed by atoms with Crippen LogP contribution >= 0.6 is 11.6 Å². The highest BCUT2D eigenvalue weighted by Crippen LogP contribution is 2.33. The summed E-state index contributed by atoms with van der Waals surface area (Å²) in [4.78, 5) is 4.21. The zero-order chi connectivity index (χ0) is 14.8. The fourth-order valence-electron chi connectivity index (χ4n) is 2.14. The van der Waals surface area contributed by atoms with Crippen LogP contribution < -0.4 is 4.74 Å². The third-order valence-electron chi connectivity index (χ3n) is 3.29. The maximum atomic E-state index is 9.48. The summed E-state index contributed by atoms with van der Waals surface area (Å²) in [7, 11) is 0. The van der Waals surface area contributed by atoms with E-state index in [0.29, 0.717) is 16.7 Å². The van der Waals surface area contributed by atoms with Crippen LogP contribution in [0.3, 0.4) is 0 Å². The van der Waals surface area contributed by atoms with Crippen molar-refractivity contribution in [2.75, 3.05) is 0 Å². The quantitative estimate of drug-likeness (QED) is 0.760. The predicted octanol–water partition coefficient (Wildman–Crippen LogP) is 4.73. The molecule has 0 saturated carbocycles. The van der Waals surface area contributed by atoms with Crippen molar-refractivity contribution in [2.24, 2.45) is 0 Å². The molecule has 0 aliphatic heterocycles. The molecule has 0 spiro atoms. The molecule has 0 saturated heterocycles. The summed E-state index contributed by atoms with van der Waals surface area (Å²) in [6.45, 7) is 1.70. The fraction of sp³-hybridized carbons (Fsp3) is 0.118. The van der Waals surface area contributed by atoms with Gasteiger partial charge < -0.3 is 9.84 Å². The highest BCUT2D eigenvalue weighted by molar-refractivity contribution is 6.35. The fourth-order valence-corrected chi connectivity index (χ4v) is 2.36. The minimum Gasteiger partial charge on any atom is -0.438 e. The first kappa shape index (κ1) is 13.9. The molecule has 0 aliphatic carbocycles. The van der Waals surface area contributed by atoms with Gasteiger partial charge in [0.1, 0.15) is 5.75 Å². The first-order valence-corrected chi connectivity index (χ1v) is 7.02. The second-order valence-electron chi connectivity index (χ2n) is 4.80. The van der Waals surface area contributed by atoms with Gasteiger partial charge in [-0.3, -0.25) is 0 Å². The summed E-state index contributed by atoms with van der Waals surface area (Å²) >= 11 is 6.19. The number of hydrogen-bond donors (Lipinski definition) is 1. The normalized spacial score (nSPS) is 12.3. The molecule has 3 aromatic rings. The van der Waals surface area contributed by atoms with Crippen molar-refractivity contribution in [3.8, 4) is 11.6 Å². The lowest BCUT2D eigenvalue weighted by atomic mass is 10.1. The van der Waals surface area contributed by atoms with E-state index in [1.54, 1.807) is 25.3 Å². The number of nitrogens with zero attached hydrogens (tertiary/aromatic N) is 1. The molecule has 1 N–H and O–H groups in total. The predicted molar refractivity (Wildman–Crippen MR) is 83.9 cm³/mol. The van der Waals surface area contributed by atoms with Crippen LogP contribution in [-0.2, 0) is 0 Å². The minimum absolute atomic E-state index is 0.479. The van der Waals surface area contributed by atoms with Gasteiger partial charge in [0.25, 0.3) is 0 Å². The Labute approximate surface area is 127 Å². The molecular weight excluding hydrogens is 286 g/mol. The summed E-state index contributed by atoms with van der Waals surface area (Å²) in [6.07, 6.45) is 1.07. The average molecular weight is 300 g/mol. The van der Waals surface area contributed by atoms with Gasteiger partial charge >= 0.3 is 0 Å². The molecule has 2 aromatic carbocycles. The molecule has 0 radical (unpaired) electrons. The van der Waals surface area contributed by atoms with Crippen LogP contribution in [0.1, 0.15) is 18.6 Å². The minimum atomic E-state index is -0.539. The molecule has 3 rings (SSSR count). The first-order chi connectivity index (χ1) is 10.1. The summed E-state index contributed by atoms with van der Waals surface area (Å²) < 4.78 is 5.83. The Hall–Kier alpha value is -2.10. The average Bonchev–Trinajstić information content (AvgIpc) is 2.51. The Morgan fingerprint density at radius 1 is 1.05 bits per heavy atom. The Morgan fingerprint density at radius 2 is 1.81 bits per heavy atom. The first-order valence-electron chi connectivity index (χ1n) is 6.64. The standard InChI is InChI=1S/C17H14ClNO2/c1-11(20)12-6-9-17(19-10-12)21-16-8-7-15(18)13-4-2-3-5-14(13)16/h2-11,20H,1H3. The zero-order valence-corrected chi connectivity index (χ0v) is 12.2. The van der Waals surface area contributed by atoms with Crippen molar-refractivity contribution < 1.29 is 9.84 Å². The van der Waals surface area contributed by atoms with E-state index in [1.165, 1.54) is 0 Å². The Balaban J connectivity index is 1.96. The van der Waals surface area contributed by atoms with Gasteiger partial charge in [-0.15, -0.1) is 0 Å². The second kappa shape index (κ2) is 5.72. The van der Waals surface area contributed by atoms with Crippen molar-refractivity contribution >= 4 is 22.4 Å². The monoisotopic (exact) mass is 299 g/mol. The number of aliphatic hydroxyl groups excluding tert-OH is 1. The Kier molecular flexibility index (Phi) is 3.78. The van der Waals surface area contributed by atoms with Crippen LogP contribution in [0.5, 0.6) is 11.6 Å². The van der Waals surface area contributed by atoms with Crippen LogP contribution in [0.4, 0.5) is 0 Å². The molecule has 0 fully saturated rings. The van der Waals surface area contributed by atoms with E-state index < -0.39 is 6.10 Å². The summed E-state index contributed by atoms with van der Waals surface area (Å²) in [5, 5.41) is 12.0. The Morgan fingerprint density at radius 3 is 2.48 bits per heavy atom. The lowest BCUT2D eigenvalue weighted by Crippen LogP contribution is -1.94. The lowest BCUT2D eigenvalue weighted by molar-refractivity contribution is 0.198. The maximum absolute atomic E-state index is 9.48. The number of halogens is 1. The van der Waals surface area contributed by atoms with Crippen LogP contribution in [0.2, 0.25) is 5.02 Å². The number of hydrogen-bond acceptors (Lipinski definition) is 3. The molecule has 1 unspecified atom stereocenters. The van der Waals surface area contributed by atoms with E-state index in [1.807, 2.05) is 36.4 Å². The van der Waals surface area contributed by atoms with Gasteiger partial charge in [-0.25, -0.2) is 4.98 Å². The molecule has 0 bridgehead atoms. The summed E-state index contributed by atoms with van der Waals surface area (Å²) in [5.74, 6) is 1.18. The third-order valence-corrected chi connectivity index (χ3v) is 3.62. The maximum Gasteiger partial charge on any atom is 0.219 e. The van der Waals surface area contributed by atoms with Gasteiger partial charge in [0.2, 0.25) is 5.88 Å². The number of aliphatic hydroxyl groups is 1. The van der Waals surface area contributed by atoms with Gasteiger partial charge in [-0.2, -0.15) is 0 Å². The molecule has 0 aliphatic rings. The van der Waals surface area contributed by atoms with E-state index >= 15 is 0 Å². The van der Waals surface area contributed by atoms with Gasteiger partial charge in [0, 0.05) is 28.1 Å². The SMILES string of the molecule is CC(O)c1ccc(Oc2ccc(Cl)c3ccccc23)nc1. The van der Waals surface area contributed by atoms with E-state index in [4.69, 9.17) is 16.3 Å². The van der Waals surface area contributed by atoms with Gasteiger partial charge in [-0.1, -0.05) is 35.9 Å². The highest BCUT2D eigenvalue weighted by Gasteiger charge is 2.08. The van der Waals surface area contributed by atoms with Crippen molar-refractivity contribution in [1.82, 2.24) is 4.98 Å². The van der Waals surface area contributed by atoms with Gasteiger partial charge in [0.05, 0.1) is 6.10 Å². The highest BCUT2D eigenvalue weighted by atomic mass is 35.5. The zero-order valence-electron chi connectivity index (χ0n) is 11.5. The van der Waals surface area contributed by atoms with Crippen molar-refractivity contribution in [3.05, 3.63) is 65.3 Å². The van der Waals surface area contributed by atoms with Crippen molar-refractivity contribution in [2.45, 2.75) is 13.0 Å². The second-order valence-corrected chi connectivity index (χ2v) is 5.21. The molecular formula is C17H14ClNO2. The number of ether oxygens (including phenoxy) is 1. The smallest absolute Gasteiger partial charge is 0.219 e. The number of pyridine rings is 1. The summed E-state index contributed by atoms with van der Waals surface area (Å²) in [5.41, 5.74) is 0.753. The third kappa shape index (κ3) is 2.84. The van der Waals surface area contributed by atoms with Crippen LogP contribution in [0.25, 0.3) is 10.8 Å². The van der Waals surface area contributed by atoms with Gasteiger partial charge in [-0.05, 0) is 30.7 Å². The molecule has 0 amide bonds. The van der Waals surface area contributed by atoms with Crippen LogP contribution in [0, 0.1) is 0 Å². The number of rotatable bonds is 3. The van der Waals surface area contributed by atoms with Crippen molar-refractivity contribution in [1.29, 1.82) is 0 Å². The number of benzene rings is 2. The topological polar surface area (TPSA) is 42.4 Å². The van der Waals surface area contributed by atoms with Crippen molar-refractivity contribution in [3.63, 3.8) is 0 Å². The molecule has 4 heteroatoms.